The van der Waals surface area contributed by atoms with Crippen LogP contribution in [0.1, 0.15) is 39.5 Å². The van der Waals surface area contributed by atoms with E-state index < -0.39 is 10.0 Å². The Morgan fingerprint density at radius 1 is 1.26 bits per heavy atom. The van der Waals surface area contributed by atoms with Crippen molar-refractivity contribution in [2.45, 2.75) is 57.2 Å². The number of piperidine rings is 1. The largest absolute Gasteiger partial charge is 0.396 e. The smallest absolute Gasteiger partial charge is 0.213 e. The summed E-state index contributed by atoms with van der Waals surface area (Å²) in [5, 5.41) is 13.2. The fourth-order valence-corrected chi connectivity index (χ4v) is 5.33. The lowest BCUT2D eigenvalue weighted by atomic mass is 9.84. The first-order valence-electron chi connectivity index (χ1n) is 9.00. The summed E-state index contributed by atoms with van der Waals surface area (Å²) in [7, 11) is -3.10. The first kappa shape index (κ1) is 17.6. The van der Waals surface area contributed by atoms with Crippen LogP contribution in [0.15, 0.2) is 0 Å². The molecule has 2 saturated heterocycles. The molecule has 2 N–H and O–H groups in total. The molecule has 23 heavy (non-hydrogen) atoms. The van der Waals surface area contributed by atoms with Crippen molar-refractivity contribution in [3.05, 3.63) is 0 Å². The third kappa shape index (κ3) is 3.58. The Labute approximate surface area is 140 Å². The van der Waals surface area contributed by atoms with E-state index in [0.29, 0.717) is 31.6 Å². The van der Waals surface area contributed by atoms with Gasteiger partial charge in [-0.15, -0.1) is 0 Å². The van der Waals surface area contributed by atoms with Crippen molar-refractivity contribution in [1.82, 2.24) is 14.5 Å². The summed E-state index contributed by atoms with van der Waals surface area (Å²) in [5.74, 6) is 0.988. The molecule has 2 heterocycles. The molecule has 3 fully saturated rings. The van der Waals surface area contributed by atoms with Gasteiger partial charge >= 0.3 is 0 Å². The van der Waals surface area contributed by atoms with Crippen molar-refractivity contribution >= 4 is 10.0 Å². The fraction of sp³-hybridized carbons (Fsp3) is 1.00. The van der Waals surface area contributed by atoms with Gasteiger partial charge in [0.15, 0.2) is 0 Å². The average molecular weight is 346 g/mol. The van der Waals surface area contributed by atoms with Crippen molar-refractivity contribution in [2.24, 2.45) is 5.92 Å². The number of rotatable bonds is 7. The zero-order valence-corrected chi connectivity index (χ0v) is 15.2. The van der Waals surface area contributed by atoms with E-state index >= 15 is 0 Å². The Kier molecular flexibility index (Phi) is 5.05. The van der Waals surface area contributed by atoms with E-state index in [1.807, 2.05) is 0 Å². The standard InChI is InChI=1S/C16H31N3O3S/c1-3-23(21,22)19-11-16(12-19,6-9-20)18-7-4-14(5-8-18)17-15-10-13(15)2/h13-15,17,20H,3-12H2,1-2H3/t13-,15-/m1/s1. The Hall–Kier alpha value is -0.210. The van der Waals surface area contributed by atoms with Gasteiger partial charge in [0.05, 0.1) is 11.3 Å². The van der Waals surface area contributed by atoms with Crippen molar-refractivity contribution < 1.29 is 13.5 Å². The third-order valence-corrected chi connectivity index (χ3v) is 7.78. The van der Waals surface area contributed by atoms with E-state index in [9.17, 15) is 13.5 Å². The van der Waals surface area contributed by atoms with Gasteiger partial charge < -0.3 is 10.4 Å². The maximum Gasteiger partial charge on any atom is 0.213 e. The maximum absolute atomic E-state index is 12.0. The summed E-state index contributed by atoms with van der Waals surface area (Å²) in [6.07, 6.45) is 4.22. The number of aliphatic hydroxyl groups is 1. The molecular formula is C16H31N3O3S. The number of nitrogens with zero attached hydrogens (tertiary/aromatic N) is 2. The molecule has 6 nitrogen and oxygen atoms in total. The molecule has 7 heteroatoms. The van der Waals surface area contributed by atoms with Crippen molar-refractivity contribution in [1.29, 1.82) is 0 Å². The topological polar surface area (TPSA) is 72.9 Å². The van der Waals surface area contributed by atoms with Crippen LogP contribution in [0.4, 0.5) is 0 Å². The molecule has 0 amide bonds. The zero-order valence-electron chi connectivity index (χ0n) is 14.4. The van der Waals surface area contributed by atoms with Crippen LogP contribution in [0.25, 0.3) is 0 Å². The number of likely N-dealkylation sites (tertiary alicyclic amines) is 1. The van der Waals surface area contributed by atoms with Gasteiger partial charge in [-0.1, -0.05) is 6.92 Å². The van der Waals surface area contributed by atoms with Crippen LogP contribution in [0.3, 0.4) is 0 Å². The van der Waals surface area contributed by atoms with Gasteiger partial charge in [-0.25, -0.2) is 8.42 Å². The molecule has 2 atom stereocenters. The minimum atomic E-state index is -3.10. The molecule has 3 rings (SSSR count). The van der Waals surface area contributed by atoms with E-state index in [-0.39, 0.29) is 17.9 Å². The van der Waals surface area contributed by atoms with Gasteiger partial charge in [-0.05, 0) is 38.5 Å². The molecule has 0 bridgehead atoms. The third-order valence-electron chi connectivity index (χ3n) is 6.00. The fourth-order valence-electron chi connectivity index (χ4n) is 4.09. The summed E-state index contributed by atoms with van der Waals surface area (Å²) in [4.78, 5) is 2.43. The molecule has 1 saturated carbocycles. The summed E-state index contributed by atoms with van der Waals surface area (Å²) in [6, 6.07) is 1.31. The molecule has 0 aromatic rings. The molecule has 0 aromatic heterocycles. The number of sulfonamides is 1. The van der Waals surface area contributed by atoms with Gasteiger partial charge in [0.25, 0.3) is 0 Å². The van der Waals surface area contributed by atoms with Gasteiger partial charge in [-0.3, -0.25) is 4.90 Å². The summed E-state index contributed by atoms with van der Waals surface area (Å²) in [5.41, 5.74) is -0.144. The van der Waals surface area contributed by atoms with E-state index in [2.05, 4.69) is 17.1 Å². The zero-order chi connectivity index (χ0) is 16.7. The Morgan fingerprint density at radius 3 is 2.35 bits per heavy atom. The van der Waals surface area contributed by atoms with E-state index in [0.717, 1.165) is 31.8 Å². The van der Waals surface area contributed by atoms with E-state index in [1.54, 1.807) is 11.2 Å². The number of aliphatic hydroxyl groups excluding tert-OH is 1. The molecule has 0 spiro atoms. The second kappa shape index (κ2) is 6.59. The first-order chi connectivity index (χ1) is 10.9. The highest BCUT2D eigenvalue weighted by Gasteiger charge is 2.51. The monoisotopic (exact) mass is 345 g/mol. The molecule has 1 aliphatic carbocycles. The first-order valence-corrected chi connectivity index (χ1v) is 10.6. The minimum absolute atomic E-state index is 0.123. The van der Waals surface area contributed by atoms with Crippen LogP contribution < -0.4 is 5.32 Å². The predicted molar refractivity (Wildman–Crippen MR) is 90.8 cm³/mol. The molecule has 0 radical (unpaired) electrons. The molecule has 2 aliphatic heterocycles. The van der Waals surface area contributed by atoms with Crippen LogP contribution in [0.5, 0.6) is 0 Å². The van der Waals surface area contributed by atoms with Gasteiger partial charge in [0.1, 0.15) is 0 Å². The Morgan fingerprint density at radius 2 is 1.87 bits per heavy atom. The Bertz CT molecular complexity index is 511. The van der Waals surface area contributed by atoms with Crippen LogP contribution in [0, 0.1) is 5.92 Å². The molecular weight excluding hydrogens is 314 g/mol. The van der Waals surface area contributed by atoms with Gasteiger partial charge in [-0.2, -0.15) is 4.31 Å². The van der Waals surface area contributed by atoms with Crippen LogP contribution >= 0.6 is 0 Å². The highest BCUT2D eigenvalue weighted by atomic mass is 32.2. The molecule has 0 unspecified atom stereocenters. The highest BCUT2D eigenvalue weighted by molar-refractivity contribution is 7.89. The molecule has 0 aromatic carbocycles. The van der Waals surface area contributed by atoms with Gasteiger partial charge in [0, 0.05) is 44.9 Å². The Balaban J connectivity index is 1.54. The number of hydrogen-bond acceptors (Lipinski definition) is 5. The lowest BCUT2D eigenvalue weighted by molar-refractivity contribution is -0.0430. The summed E-state index contributed by atoms with van der Waals surface area (Å²) >= 11 is 0. The quantitative estimate of drug-likeness (QED) is 0.691. The SMILES string of the molecule is CCS(=O)(=O)N1CC(CCO)(N2CCC(N[C@@H]3C[C@H]3C)CC2)C1. The molecule has 3 aliphatic rings. The van der Waals surface area contributed by atoms with Crippen LogP contribution in [0.2, 0.25) is 0 Å². The van der Waals surface area contributed by atoms with Crippen molar-refractivity contribution in [3.8, 4) is 0 Å². The summed E-state index contributed by atoms with van der Waals surface area (Å²) < 4.78 is 25.6. The maximum atomic E-state index is 12.0. The van der Waals surface area contributed by atoms with E-state index in [1.165, 1.54) is 6.42 Å². The molecule has 134 valence electrons. The number of hydrogen-bond donors (Lipinski definition) is 2. The number of nitrogens with one attached hydrogen (secondary N) is 1. The van der Waals surface area contributed by atoms with Gasteiger partial charge in [0.2, 0.25) is 10.0 Å². The minimum Gasteiger partial charge on any atom is -0.396 e. The van der Waals surface area contributed by atoms with Crippen LogP contribution in [-0.4, -0.2) is 78.9 Å². The predicted octanol–water partition coefficient (Wildman–Crippen LogP) is 0.235. The lowest BCUT2D eigenvalue weighted by Crippen LogP contribution is -2.72. The lowest BCUT2D eigenvalue weighted by Gasteiger charge is -2.56. The van der Waals surface area contributed by atoms with E-state index in [4.69, 9.17) is 0 Å². The second-order valence-electron chi connectivity index (χ2n) is 7.61. The average Bonchev–Trinajstić information content (AvgIpc) is 3.18. The van der Waals surface area contributed by atoms with Crippen molar-refractivity contribution in [2.75, 3.05) is 38.5 Å². The summed E-state index contributed by atoms with van der Waals surface area (Å²) in [6.45, 7) is 7.19. The highest BCUT2D eigenvalue weighted by Crippen LogP contribution is 2.36. The van der Waals surface area contributed by atoms with Crippen molar-refractivity contribution in [3.63, 3.8) is 0 Å². The van der Waals surface area contributed by atoms with Crippen LogP contribution in [-0.2, 0) is 10.0 Å². The second-order valence-corrected chi connectivity index (χ2v) is 9.87. The normalized spacial score (nSPS) is 32.7.